The molecule has 1 aliphatic carbocycles. The zero-order valence-corrected chi connectivity index (χ0v) is 21.1. The van der Waals surface area contributed by atoms with Crippen LogP contribution in [-0.2, 0) is 11.3 Å². The van der Waals surface area contributed by atoms with Gasteiger partial charge in [-0.2, -0.15) is 0 Å². The monoisotopic (exact) mass is 533 g/mol. The number of nitrogens with one attached hydrogen (secondary N) is 4. The first kappa shape index (κ1) is 22.2. The van der Waals surface area contributed by atoms with Crippen LogP contribution in [0.5, 0.6) is 0 Å². The van der Waals surface area contributed by atoms with Crippen LogP contribution in [0.25, 0.3) is 0 Å². The summed E-state index contributed by atoms with van der Waals surface area (Å²) in [5.41, 5.74) is 3.41. The van der Waals surface area contributed by atoms with Crippen LogP contribution in [0.4, 0.5) is 15.9 Å². The number of fused-ring (bicyclic) bond motifs is 1. The fourth-order valence-electron chi connectivity index (χ4n) is 4.26. The number of halogens is 1. The van der Waals surface area contributed by atoms with Crippen LogP contribution in [0, 0.1) is 5.82 Å². The maximum Gasteiger partial charge on any atom is 0.0500 e. The zero-order chi connectivity index (χ0) is 22.0. The second-order valence-corrected chi connectivity index (χ2v) is 13.6. The number of hydrogen-bond acceptors (Lipinski definition) is 5. The zero-order valence-electron chi connectivity index (χ0n) is 18.6. The van der Waals surface area contributed by atoms with Crippen molar-refractivity contribution < 1.29 is 9.13 Å². The molecule has 0 spiro atoms. The van der Waals surface area contributed by atoms with Crippen molar-refractivity contribution in [3.05, 3.63) is 58.9 Å². The number of anilines is 2. The minimum atomic E-state index is -1.62. The number of hydrogen-bond donors (Lipinski definition) is 4. The smallest absolute Gasteiger partial charge is 0.0500 e. The average Bonchev–Trinajstić information content (AvgIpc) is 3.50. The molecule has 166 valence electrons. The Labute approximate surface area is 191 Å². The van der Waals surface area contributed by atoms with Crippen LogP contribution < -0.4 is 17.6 Å². The van der Waals surface area contributed by atoms with Gasteiger partial charge in [0, 0.05) is 12.7 Å². The molecule has 1 aromatic heterocycles. The van der Waals surface area contributed by atoms with Crippen molar-refractivity contribution in [2.45, 2.75) is 56.5 Å². The van der Waals surface area contributed by atoms with Crippen molar-refractivity contribution in [2.24, 2.45) is 0 Å². The molecule has 2 heterocycles. The van der Waals surface area contributed by atoms with E-state index in [0.29, 0.717) is 24.0 Å². The van der Waals surface area contributed by atoms with Gasteiger partial charge in [0.1, 0.15) is 5.76 Å². The summed E-state index contributed by atoms with van der Waals surface area (Å²) in [7, 11) is 1.91. The quantitative estimate of drug-likeness (QED) is 0.247. The normalized spacial score (nSPS) is 22.0. The number of aromatic nitrogens is 2. The van der Waals surface area contributed by atoms with E-state index < -0.39 is 20.5 Å². The predicted octanol–water partition coefficient (Wildman–Crippen LogP) is 3.90. The number of nitrogens with zero attached hydrogens (tertiary/aromatic N) is 1. The Morgan fingerprint density at radius 3 is 2.97 bits per heavy atom. The van der Waals surface area contributed by atoms with Gasteiger partial charge < -0.3 is 5.32 Å². The van der Waals surface area contributed by atoms with Gasteiger partial charge in [0.15, 0.2) is 0 Å². The first-order valence-corrected chi connectivity index (χ1v) is 15.9. The molecule has 1 aliphatic heterocycles. The summed E-state index contributed by atoms with van der Waals surface area (Å²) in [6.07, 6.45) is 7.14. The summed E-state index contributed by atoms with van der Waals surface area (Å²) in [6, 6.07) is 5.91. The van der Waals surface area contributed by atoms with E-state index in [1.807, 2.05) is 45.2 Å². The molecule has 0 radical (unpaired) electrons. The number of aromatic amines is 1. The molecule has 6 nitrogen and oxygen atoms in total. The van der Waals surface area contributed by atoms with Crippen molar-refractivity contribution in [1.29, 1.82) is 0 Å². The van der Waals surface area contributed by atoms with Crippen molar-refractivity contribution >= 4 is 35.5 Å². The van der Waals surface area contributed by atoms with Crippen molar-refractivity contribution in [3.8, 4) is 0 Å². The summed E-state index contributed by atoms with van der Waals surface area (Å²) < 4.78 is 25.9. The molecule has 2 atom stereocenters. The largest absolute Gasteiger partial charge is 0.389 e. The third kappa shape index (κ3) is 4.78. The number of allylic oxidation sites excluding steroid dienone is 3. The predicted molar refractivity (Wildman–Crippen MR) is 124 cm³/mol. The molecular weight excluding hydrogens is 503 g/mol. The van der Waals surface area contributed by atoms with Crippen LogP contribution in [0.3, 0.4) is 0 Å². The van der Waals surface area contributed by atoms with Crippen LogP contribution >= 0.6 is 0 Å². The minimum Gasteiger partial charge on any atom is -0.389 e. The Morgan fingerprint density at radius 2 is 2.19 bits per heavy atom. The van der Waals surface area contributed by atoms with Crippen molar-refractivity contribution in [3.63, 3.8) is 0 Å². The van der Waals surface area contributed by atoms with Crippen LogP contribution in [0.15, 0.2) is 41.8 Å². The first-order chi connectivity index (χ1) is 15.0. The molecule has 4 N–H and O–H groups in total. The summed E-state index contributed by atoms with van der Waals surface area (Å²) in [5.74, 6) is 1.75. The standard InChI is InChI=1S/C22H28FN5O.CH3.Sb/c1-4-6-20(14(2)25-3)29-17-10-9-15(11-17)19-12-21(28-27-19)26-18-8-5-7-16(13-24)22(18)23;;/h4-6,8,12,15,17,24-25H,9-11,13H2,1-3H3,(H2,26,27,28);1H3;/q-1;;+1/b6-4-,20-14+;;. The fraction of sp³-hybridized carbons (Fsp3) is 0.435. The van der Waals surface area contributed by atoms with Gasteiger partial charge in [0.2, 0.25) is 0 Å². The van der Waals surface area contributed by atoms with Crippen LogP contribution in [-0.4, -0.2) is 43.8 Å². The van der Waals surface area contributed by atoms with Gasteiger partial charge in [0.05, 0.1) is 0 Å². The maximum absolute atomic E-state index is 14.9. The van der Waals surface area contributed by atoms with E-state index >= 15 is 0 Å². The molecule has 2 unspecified atom stereocenters. The van der Waals surface area contributed by atoms with Crippen LogP contribution in [0.2, 0.25) is 4.87 Å². The number of benzene rings is 1. The van der Waals surface area contributed by atoms with Crippen molar-refractivity contribution in [1.82, 2.24) is 19.0 Å². The van der Waals surface area contributed by atoms with Gasteiger partial charge in [0.25, 0.3) is 0 Å². The number of ether oxygens (including phenoxy) is 1. The van der Waals surface area contributed by atoms with Crippen LogP contribution in [0.1, 0.15) is 50.3 Å². The fourth-order valence-corrected chi connectivity index (χ4v) is 8.38. The first-order valence-electron chi connectivity index (χ1n) is 10.8. The number of H-pyrrole nitrogens is 1. The Balaban J connectivity index is 1.41. The maximum atomic E-state index is 14.9. The molecule has 2 aliphatic rings. The second kappa shape index (κ2) is 9.66. The Kier molecular flexibility index (Phi) is 6.92. The van der Waals surface area contributed by atoms with E-state index in [1.54, 1.807) is 0 Å². The molecule has 1 saturated carbocycles. The SMILES string of the molecule is C/C=C\C(OC1CCC(c2cc(Nc3cc[c]4c(c3F)C[NH][Sb]4[CH3])n[nH]2)C1)=C(\C)NC. The van der Waals surface area contributed by atoms with E-state index in [2.05, 4.69) is 35.2 Å². The average molecular weight is 534 g/mol. The van der Waals surface area contributed by atoms with Gasteiger partial charge in [-0.05, 0) is 19.9 Å². The molecule has 2 aromatic rings. The summed E-state index contributed by atoms with van der Waals surface area (Å²) in [4.78, 5) is 2.23. The van der Waals surface area contributed by atoms with E-state index in [-0.39, 0.29) is 11.9 Å². The Morgan fingerprint density at radius 1 is 1.35 bits per heavy atom. The van der Waals surface area contributed by atoms with E-state index in [9.17, 15) is 4.39 Å². The van der Waals surface area contributed by atoms with Gasteiger partial charge in [-0.25, -0.2) is 0 Å². The Hall–Kier alpha value is -1.98. The summed E-state index contributed by atoms with van der Waals surface area (Å²) in [6.45, 7) is 4.65. The molecule has 4 rings (SSSR count). The molecule has 1 aromatic carbocycles. The molecular formula is C23H31FN5OSb. The number of rotatable bonds is 7. The molecule has 1 fully saturated rings. The van der Waals surface area contributed by atoms with E-state index in [4.69, 9.17) is 4.74 Å². The summed E-state index contributed by atoms with van der Waals surface area (Å²) >= 11 is -1.62. The molecule has 0 bridgehead atoms. The second-order valence-electron chi connectivity index (χ2n) is 8.14. The molecule has 31 heavy (non-hydrogen) atoms. The van der Waals surface area contributed by atoms with Gasteiger partial charge >= 0.3 is 142 Å². The van der Waals surface area contributed by atoms with Gasteiger partial charge in [-0.15, -0.1) is 0 Å². The third-order valence-electron chi connectivity index (χ3n) is 6.11. The molecule has 8 heteroatoms. The van der Waals surface area contributed by atoms with Crippen molar-refractivity contribution in [2.75, 3.05) is 12.4 Å². The third-order valence-corrected chi connectivity index (χ3v) is 11.2. The topological polar surface area (TPSA) is 74.0 Å². The minimum absolute atomic E-state index is 0.152. The van der Waals surface area contributed by atoms with E-state index in [0.717, 1.165) is 42.0 Å². The molecule has 0 saturated heterocycles. The molecule has 0 amide bonds. The summed E-state index contributed by atoms with van der Waals surface area (Å²) in [5, 5.41) is 13.9. The van der Waals surface area contributed by atoms with E-state index in [1.165, 1.54) is 3.51 Å². The Bertz CT molecular complexity index is 1000. The van der Waals surface area contributed by atoms with Gasteiger partial charge in [-0.1, -0.05) is 6.08 Å². The van der Waals surface area contributed by atoms with Gasteiger partial charge in [-0.3, -0.25) is 0 Å².